The SMILES string of the molecule is COC[C@@H]1CCCN1S(=O)(=O)c1ccc2c(c1)CN(C(=O)CNC(N)=O)CC2. The third-order valence-electron chi connectivity index (χ3n) is 5.25. The Labute approximate surface area is 164 Å². The van der Waals surface area contributed by atoms with E-state index in [9.17, 15) is 18.0 Å². The highest BCUT2D eigenvalue weighted by molar-refractivity contribution is 7.89. The third kappa shape index (κ3) is 4.29. The van der Waals surface area contributed by atoms with Crippen LogP contribution in [0.15, 0.2) is 23.1 Å². The summed E-state index contributed by atoms with van der Waals surface area (Å²) in [5, 5.41) is 2.29. The van der Waals surface area contributed by atoms with Crippen LogP contribution in [0, 0.1) is 0 Å². The first-order chi connectivity index (χ1) is 13.3. The maximum Gasteiger partial charge on any atom is 0.312 e. The normalized spacial score (nSPS) is 20.0. The second kappa shape index (κ2) is 8.46. The molecular formula is C18H26N4O5S. The molecule has 0 radical (unpaired) electrons. The number of ether oxygens (including phenoxy) is 1. The number of nitrogens with zero attached hydrogens (tertiary/aromatic N) is 2. The summed E-state index contributed by atoms with van der Waals surface area (Å²) in [4.78, 5) is 24.9. The van der Waals surface area contributed by atoms with E-state index < -0.39 is 16.1 Å². The molecule has 0 aliphatic carbocycles. The van der Waals surface area contributed by atoms with E-state index in [0.717, 1.165) is 24.0 Å². The van der Waals surface area contributed by atoms with E-state index in [4.69, 9.17) is 10.5 Å². The number of carbonyl (C=O) groups is 2. The van der Waals surface area contributed by atoms with E-state index in [0.29, 0.717) is 32.7 Å². The Kier molecular flexibility index (Phi) is 6.21. The van der Waals surface area contributed by atoms with Crippen LogP contribution < -0.4 is 11.1 Å². The van der Waals surface area contributed by atoms with Gasteiger partial charge in [-0.25, -0.2) is 13.2 Å². The lowest BCUT2D eigenvalue weighted by Crippen LogP contribution is -2.44. The fraction of sp³-hybridized carbons (Fsp3) is 0.556. The van der Waals surface area contributed by atoms with Gasteiger partial charge in [0.25, 0.3) is 0 Å². The van der Waals surface area contributed by atoms with Gasteiger partial charge in [-0.15, -0.1) is 0 Å². The number of amides is 3. The summed E-state index contributed by atoms with van der Waals surface area (Å²) in [6.45, 7) is 1.51. The smallest absolute Gasteiger partial charge is 0.312 e. The van der Waals surface area contributed by atoms with Crippen molar-refractivity contribution < 1.29 is 22.7 Å². The molecule has 154 valence electrons. The lowest BCUT2D eigenvalue weighted by atomic mass is 10.00. The molecule has 10 heteroatoms. The Bertz CT molecular complexity index is 858. The number of sulfonamides is 1. The average Bonchev–Trinajstić information content (AvgIpc) is 3.14. The molecule has 9 nitrogen and oxygen atoms in total. The van der Waals surface area contributed by atoms with Gasteiger partial charge in [0, 0.05) is 32.8 Å². The number of nitrogens with one attached hydrogen (secondary N) is 1. The van der Waals surface area contributed by atoms with E-state index in [1.165, 1.54) is 4.31 Å². The quantitative estimate of drug-likeness (QED) is 0.686. The van der Waals surface area contributed by atoms with Crippen molar-refractivity contribution in [2.75, 3.05) is 33.4 Å². The molecule has 1 saturated heterocycles. The van der Waals surface area contributed by atoms with Crippen LogP contribution >= 0.6 is 0 Å². The fourth-order valence-electron chi connectivity index (χ4n) is 3.80. The van der Waals surface area contributed by atoms with Gasteiger partial charge in [0.1, 0.15) is 0 Å². The Hall–Kier alpha value is -2.17. The average molecular weight is 410 g/mol. The van der Waals surface area contributed by atoms with Gasteiger partial charge in [0.2, 0.25) is 15.9 Å². The first-order valence-electron chi connectivity index (χ1n) is 9.26. The van der Waals surface area contributed by atoms with E-state index in [-0.39, 0.29) is 23.4 Å². The lowest BCUT2D eigenvalue weighted by Gasteiger charge is -2.30. The second-order valence-electron chi connectivity index (χ2n) is 7.08. The van der Waals surface area contributed by atoms with E-state index in [2.05, 4.69) is 5.32 Å². The highest BCUT2D eigenvalue weighted by Gasteiger charge is 2.35. The molecule has 1 fully saturated rings. The Morgan fingerprint density at radius 3 is 2.79 bits per heavy atom. The zero-order valence-electron chi connectivity index (χ0n) is 15.9. The number of primary amides is 1. The number of hydrogen-bond donors (Lipinski definition) is 2. The summed E-state index contributed by atoms with van der Waals surface area (Å²) in [6, 6.07) is 4.22. The molecule has 1 aromatic rings. The number of rotatable bonds is 6. The number of urea groups is 1. The maximum atomic E-state index is 13.1. The minimum atomic E-state index is -3.63. The lowest BCUT2D eigenvalue weighted by molar-refractivity contribution is -0.130. The molecule has 2 aliphatic heterocycles. The summed E-state index contributed by atoms with van der Waals surface area (Å²) in [6.07, 6.45) is 2.23. The van der Waals surface area contributed by atoms with Gasteiger partial charge in [0.05, 0.1) is 18.0 Å². The topological polar surface area (TPSA) is 122 Å². The fourth-order valence-corrected chi connectivity index (χ4v) is 5.53. The summed E-state index contributed by atoms with van der Waals surface area (Å²) in [5.74, 6) is -0.252. The zero-order chi connectivity index (χ0) is 20.3. The predicted molar refractivity (Wildman–Crippen MR) is 102 cm³/mol. The number of hydrogen-bond acceptors (Lipinski definition) is 5. The van der Waals surface area contributed by atoms with Gasteiger partial charge < -0.3 is 20.7 Å². The van der Waals surface area contributed by atoms with Crippen LogP contribution in [-0.4, -0.2) is 69.0 Å². The Morgan fingerprint density at radius 2 is 2.07 bits per heavy atom. The maximum absolute atomic E-state index is 13.1. The van der Waals surface area contributed by atoms with Gasteiger partial charge in [-0.1, -0.05) is 6.07 Å². The number of carbonyl (C=O) groups excluding carboxylic acids is 2. The molecule has 2 heterocycles. The minimum Gasteiger partial charge on any atom is -0.383 e. The van der Waals surface area contributed by atoms with Gasteiger partial charge in [-0.2, -0.15) is 4.31 Å². The van der Waals surface area contributed by atoms with Crippen LogP contribution in [0.5, 0.6) is 0 Å². The van der Waals surface area contributed by atoms with Crippen LogP contribution in [0.2, 0.25) is 0 Å². The van der Waals surface area contributed by atoms with Crippen molar-refractivity contribution in [3.63, 3.8) is 0 Å². The Balaban J connectivity index is 1.78. The largest absolute Gasteiger partial charge is 0.383 e. The van der Waals surface area contributed by atoms with Crippen molar-refractivity contribution in [2.45, 2.75) is 36.7 Å². The second-order valence-corrected chi connectivity index (χ2v) is 8.97. The van der Waals surface area contributed by atoms with Crippen LogP contribution in [-0.2, 0) is 32.5 Å². The van der Waals surface area contributed by atoms with Crippen LogP contribution in [0.1, 0.15) is 24.0 Å². The van der Waals surface area contributed by atoms with E-state index >= 15 is 0 Å². The monoisotopic (exact) mass is 410 g/mol. The van der Waals surface area contributed by atoms with Crippen molar-refractivity contribution in [3.8, 4) is 0 Å². The van der Waals surface area contributed by atoms with E-state index in [1.807, 2.05) is 6.07 Å². The molecule has 0 aromatic heterocycles. The van der Waals surface area contributed by atoms with Crippen LogP contribution in [0.25, 0.3) is 0 Å². The Morgan fingerprint density at radius 1 is 1.29 bits per heavy atom. The summed E-state index contributed by atoms with van der Waals surface area (Å²) in [7, 11) is -2.06. The summed E-state index contributed by atoms with van der Waals surface area (Å²) >= 11 is 0. The van der Waals surface area contributed by atoms with Crippen molar-refractivity contribution in [2.24, 2.45) is 5.73 Å². The highest BCUT2D eigenvalue weighted by Crippen LogP contribution is 2.29. The van der Waals surface area contributed by atoms with Crippen LogP contribution in [0.3, 0.4) is 0 Å². The molecule has 3 rings (SSSR count). The van der Waals surface area contributed by atoms with Gasteiger partial charge >= 0.3 is 6.03 Å². The predicted octanol–water partition coefficient (Wildman–Crippen LogP) is 0.0391. The zero-order valence-corrected chi connectivity index (χ0v) is 16.7. The molecule has 0 spiro atoms. The number of methoxy groups -OCH3 is 1. The van der Waals surface area contributed by atoms with E-state index in [1.54, 1.807) is 24.1 Å². The molecule has 3 N–H and O–H groups in total. The van der Waals surface area contributed by atoms with Gasteiger partial charge in [-0.05, 0) is 42.5 Å². The number of benzene rings is 1. The van der Waals surface area contributed by atoms with Crippen molar-refractivity contribution in [1.82, 2.24) is 14.5 Å². The number of fused-ring (bicyclic) bond motifs is 1. The summed E-state index contributed by atoms with van der Waals surface area (Å²) in [5.41, 5.74) is 6.84. The molecule has 1 atom stereocenters. The molecule has 2 aliphatic rings. The van der Waals surface area contributed by atoms with Crippen molar-refractivity contribution in [3.05, 3.63) is 29.3 Å². The number of nitrogens with two attached hydrogens (primary N) is 1. The molecule has 3 amide bonds. The highest BCUT2D eigenvalue weighted by atomic mass is 32.2. The third-order valence-corrected chi connectivity index (χ3v) is 7.19. The molecule has 0 bridgehead atoms. The molecule has 28 heavy (non-hydrogen) atoms. The molecule has 1 aromatic carbocycles. The van der Waals surface area contributed by atoms with Crippen molar-refractivity contribution >= 4 is 22.0 Å². The molecule has 0 unspecified atom stereocenters. The summed E-state index contributed by atoms with van der Waals surface area (Å²) < 4.78 is 32.9. The molecule has 0 saturated carbocycles. The van der Waals surface area contributed by atoms with Crippen molar-refractivity contribution in [1.29, 1.82) is 0 Å². The standard InChI is InChI=1S/C18H26N4O5S/c1-27-12-15-3-2-7-22(15)28(25,26)16-5-4-13-6-8-21(11-14(13)9-16)17(23)10-20-18(19)24/h4-5,9,15H,2-3,6-8,10-12H2,1H3,(H3,19,20,24)/t15-/m0/s1. The molecular weight excluding hydrogens is 384 g/mol. The van der Waals surface area contributed by atoms with Gasteiger partial charge in [-0.3, -0.25) is 4.79 Å². The first-order valence-corrected chi connectivity index (χ1v) is 10.7. The van der Waals surface area contributed by atoms with Crippen LogP contribution in [0.4, 0.5) is 4.79 Å². The van der Waals surface area contributed by atoms with Gasteiger partial charge in [0.15, 0.2) is 0 Å². The minimum absolute atomic E-state index is 0.149. The first kappa shape index (κ1) is 20.6.